The Bertz CT molecular complexity index is 1310. The molecule has 0 saturated carbocycles. The number of rotatable bonds is 11. The number of aliphatic hydroxyl groups excluding tert-OH is 2. The lowest BCUT2D eigenvalue weighted by atomic mass is 9.74. The lowest BCUT2D eigenvalue weighted by molar-refractivity contribution is -0.153. The number of benzene rings is 2. The minimum Gasteiger partial charge on any atom is -0.497 e. The molecule has 7 nitrogen and oxygen atoms in total. The second-order valence-electron chi connectivity index (χ2n) is 9.77. The Kier molecular flexibility index (Phi) is 9.37. The van der Waals surface area contributed by atoms with Crippen molar-refractivity contribution in [2.24, 2.45) is 5.41 Å². The van der Waals surface area contributed by atoms with Crippen molar-refractivity contribution in [1.29, 1.82) is 0 Å². The van der Waals surface area contributed by atoms with Crippen molar-refractivity contribution in [1.82, 2.24) is 9.88 Å². The average molecular weight is 565 g/mol. The number of carbonyl (C=O) groups is 1. The Morgan fingerprint density at radius 2 is 1.87 bits per heavy atom. The maximum absolute atomic E-state index is 13.4. The van der Waals surface area contributed by atoms with Gasteiger partial charge < -0.3 is 25.0 Å². The standard InChI is InChI=1S/C28H31F3N2O5S/c1-38-18-2-3-23-20(12-18)25(17(16-34)15-32-23)24(35)4-5-28(27(36)37)6-8-33(9-7-28)10-11-39-19-13-21(29)26(31)22(30)14-19/h2-3,12-15,24,34-35H,4-11,16H2,1H3,(H,36,37)/t24-/m1/s1. The monoisotopic (exact) mass is 564 g/mol. The molecule has 0 aliphatic carbocycles. The van der Waals surface area contributed by atoms with Crippen LogP contribution in [0.2, 0.25) is 0 Å². The van der Waals surface area contributed by atoms with Gasteiger partial charge in [-0.2, -0.15) is 0 Å². The lowest BCUT2D eigenvalue weighted by Gasteiger charge is -2.39. The van der Waals surface area contributed by atoms with Crippen molar-refractivity contribution < 1.29 is 38.0 Å². The molecule has 210 valence electrons. The summed E-state index contributed by atoms with van der Waals surface area (Å²) in [6.45, 7) is 1.30. The molecule has 1 aromatic heterocycles. The van der Waals surface area contributed by atoms with Crippen LogP contribution in [0.15, 0.2) is 41.4 Å². The van der Waals surface area contributed by atoms with Crippen molar-refractivity contribution in [3.05, 3.63) is 65.1 Å². The van der Waals surface area contributed by atoms with Gasteiger partial charge in [0.15, 0.2) is 17.5 Å². The number of nitrogens with zero attached hydrogens (tertiary/aromatic N) is 2. The van der Waals surface area contributed by atoms with Gasteiger partial charge >= 0.3 is 5.97 Å². The number of hydrogen-bond acceptors (Lipinski definition) is 7. The molecular formula is C28H31F3N2O5S. The normalized spacial score (nSPS) is 16.4. The Morgan fingerprint density at radius 3 is 2.49 bits per heavy atom. The van der Waals surface area contributed by atoms with Crippen LogP contribution in [0, 0.1) is 22.9 Å². The van der Waals surface area contributed by atoms with Crippen molar-refractivity contribution in [2.45, 2.75) is 43.3 Å². The first-order valence-electron chi connectivity index (χ1n) is 12.6. The van der Waals surface area contributed by atoms with E-state index in [9.17, 15) is 33.3 Å². The predicted molar refractivity (Wildman–Crippen MR) is 141 cm³/mol. The molecular weight excluding hydrogens is 533 g/mol. The molecule has 1 aliphatic rings. The number of pyridine rings is 1. The number of piperidine rings is 1. The molecule has 1 saturated heterocycles. The average Bonchev–Trinajstić information content (AvgIpc) is 2.94. The van der Waals surface area contributed by atoms with E-state index in [2.05, 4.69) is 9.88 Å². The number of aliphatic carboxylic acids is 1. The zero-order valence-corrected chi connectivity index (χ0v) is 22.3. The number of thioether (sulfide) groups is 1. The van der Waals surface area contributed by atoms with E-state index in [4.69, 9.17) is 4.74 Å². The molecule has 3 N–H and O–H groups in total. The van der Waals surface area contributed by atoms with E-state index in [-0.39, 0.29) is 19.4 Å². The van der Waals surface area contributed by atoms with E-state index in [1.54, 1.807) is 18.2 Å². The highest BCUT2D eigenvalue weighted by molar-refractivity contribution is 7.99. The summed E-state index contributed by atoms with van der Waals surface area (Å²) < 4.78 is 45.3. The van der Waals surface area contributed by atoms with Crippen LogP contribution in [0.3, 0.4) is 0 Å². The zero-order chi connectivity index (χ0) is 28.2. The predicted octanol–water partition coefficient (Wildman–Crippen LogP) is 4.93. The number of methoxy groups -OCH3 is 1. The molecule has 4 rings (SSSR count). The van der Waals surface area contributed by atoms with Gasteiger partial charge in [-0.3, -0.25) is 9.78 Å². The van der Waals surface area contributed by atoms with Gasteiger partial charge in [0, 0.05) is 34.3 Å². The lowest BCUT2D eigenvalue weighted by Crippen LogP contribution is -2.45. The number of fused-ring (bicyclic) bond motifs is 1. The smallest absolute Gasteiger partial charge is 0.309 e. The molecule has 1 atom stereocenters. The Morgan fingerprint density at radius 1 is 1.18 bits per heavy atom. The summed E-state index contributed by atoms with van der Waals surface area (Å²) in [7, 11) is 1.53. The van der Waals surface area contributed by atoms with Gasteiger partial charge in [0.25, 0.3) is 0 Å². The number of ether oxygens (including phenoxy) is 1. The molecule has 2 heterocycles. The zero-order valence-electron chi connectivity index (χ0n) is 21.5. The number of likely N-dealkylation sites (tertiary alicyclic amines) is 1. The molecule has 0 amide bonds. The number of aromatic nitrogens is 1. The van der Waals surface area contributed by atoms with E-state index >= 15 is 0 Å². The molecule has 39 heavy (non-hydrogen) atoms. The van der Waals surface area contributed by atoms with Gasteiger partial charge in [-0.15, -0.1) is 11.8 Å². The van der Waals surface area contributed by atoms with Gasteiger partial charge in [-0.05, 0) is 74.7 Å². The SMILES string of the molecule is COc1ccc2ncc(CO)c([C@H](O)CCC3(C(=O)O)CCN(CCSc4cc(F)c(F)c(F)c4)CC3)c2c1. The van der Waals surface area contributed by atoms with Crippen LogP contribution in [0.5, 0.6) is 5.75 Å². The third-order valence-corrected chi connectivity index (χ3v) is 8.46. The number of halogens is 3. The second kappa shape index (κ2) is 12.5. The Hall–Kier alpha value is -2.86. The summed E-state index contributed by atoms with van der Waals surface area (Å²) in [6.07, 6.45) is 1.72. The maximum Gasteiger partial charge on any atom is 0.309 e. The van der Waals surface area contributed by atoms with E-state index in [0.29, 0.717) is 70.9 Å². The number of carboxylic acids is 1. The van der Waals surface area contributed by atoms with Gasteiger partial charge in [-0.1, -0.05) is 0 Å². The fraction of sp³-hybridized carbons (Fsp3) is 0.429. The topological polar surface area (TPSA) is 103 Å². The summed E-state index contributed by atoms with van der Waals surface area (Å²) >= 11 is 1.20. The fourth-order valence-electron chi connectivity index (χ4n) is 5.12. The minimum atomic E-state index is -1.49. The maximum atomic E-state index is 13.4. The first-order chi connectivity index (χ1) is 18.7. The highest BCUT2D eigenvalue weighted by Gasteiger charge is 2.41. The van der Waals surface area contributed by atoms with E-state index in [0.717, 1.165) is 12.1 Å². The molecule has 3 aromatic rings. The molecule has 0 bridgehead atoms. The van der Waals surface area contributed by atoms with Crippen LogP contribution >= 0.6 is 11.8 Å². The van der Waals surface area contributed by atoms with Crippen LogP contribution in [0.4, 0.5) is 13.2 Å². The third kappa shape index (κ3) is 6.49. The number of hydrogen-bond donors (Lipinski definition) is 3. The minimum absolute atomic E-state index is 0.188. The summed E-state index contributed by atoms with van der Waals surface area (Å²) in [5.74, 6) is -3.77. The molecule has 0 spiro atoms. The van der Waals surface area contributed by atoms with Crippen LogP contribution < -0.4 is 4.74 Å². The Labute approximate surface area is 228 Å². The summed E-state index contributed by atoms with van der Waals surface area (Å²) in [5.41, 5.74) is 0.617. The van der Waals surface area contributed by atoms with Crippen molar-refractivity contribution in [3.63, 3.8) is 0 Å². The highest BCUT2D eigenvalue weighted by Crippen LogP contribution is 2.40. The summed E-state index contributed by atoms with van der Waals surface area (Å²) in [6, 6.07) is 7.19. The van der Waals surface area contributed by atoms with Crippen LogP contribution in [-0.4, -0.2) is 63.7 Å². The van der Waals surface area contributed by atoms with E-state index < -0.39 is 34.9 Å². The fourth-order valence-corrected chi connectivity index (χ4v) is 6.08. The van der Waals surface area contributed by atoms with Gasteiger partial charge in [0.05, 0.1) is 30.8 Å². The van der Waals surface area contributed by atoms with Crippen LogP contribution in [-0.2, 0) is 11.4 Å². The first-order valence-corrected chi connectivity index (χ1v) is 13.6. The molecule has 11 heteroatoms. The van der Waals surface area contributed by atoms with Gasteiger partial charge in [-0.25, -0.2) is 13.2 Å². The quantitative estimate of drug-likeness (QED) is 0.223. The first kappa shape index (κ1) is 29.1. The Balaban J connectivity index is 1.38. The number of aliphatic hydroxyl groups is 2. The van der Waals surface area contributed by atoms with Crippen molar-refractivity contribution in [3.8, 4) is 5.75 Å². The molecule has 0 unspecified atom stereocenters. The van der Waals surface area contributed by atoms with Crippen molar-refractivity contribution >= 4 is 28.6 Å². The van der Waals surface area contributed by atoms with Crippen LogP contribution in [0.1, 0.15) is 42.9 Å². The van der Waals surface area contributed by atoms with E-state index in [1.807, 2.05) is 0 Å². The second-order valence-corrected chi connectivity index (χ2v) is 10.9. The molecule has 1 aliphatic heterocycles. The van der Waals surface area contributed by atoms with E-state index in [1.165, 1.54) is 25.1 Å². The van der Waals surface area contributed by atoms with Crippen LogP contribution in [0.25, 0.3) is 10.9 Å². The largest absolute Gasteiger partial charge is 0.497 e. The van der Waals surface area contributed by atoms with Gasteiger partial charge in [0.2, 0.25) is 0 Å². The molecule has 2 aromatic carbocycles. The number of carboxylic acid groups (broad SMARTS) is 1. The third-order valence-electron chi connectivity index (χ3n) is 7.50. The molecule has 1 fully saturated rings. The van der Waals surface area contributed by atoms with Gasteiger partial charge in [0.1, 0.15) is 5.75 Å². The summed E-state index contributed by atoms with van der Waals surface area (Å²) in [4.78, 5) is 19.1. The molecule has 0 radical (unpaired) electrons. The van der Waals surface area contributed by atoms with Crippen molar-refractivity contribution in [2.75, 3.05) is 32.5 Å². The highest BCUT2D eigenvalue weighted by atomic mass is 32.2. The summed E-state index contributed by atoms with van der Waals surface area (Å²) in [5, 5.41) is 31.8.